The zero-order chi connectivity index (χ0) is 21.8. The van der Waals surface area contributed by atoms with Crippen molar-refractivity contribution in [3.8, 4) is 0 Å². The molecule has 0 spiro atoms. The van der Waals surface area contributed by atoms with Gasteiger partial charge >= 0.3 is 5.92 Å². The number of benzene rings is 3. The molecule has 3 aromatic carbocycles. The Morgan fingerprint density at radius 2 is 0.933 bits per heavy atom. The van der Waals surface area contributed by atoms with Gasteiger partial charge in [0.05, 0.1) is 0 Å². The van der Waals surface area contributed by atoms with Crippen LogP contribution < -0.4 is 15.6 Å². The summed E-state index contributed by atoms with van der Waals surface area (Å²) in [6.07, 6.45) is -11.6. The number of hydrogen-bond donors (Lipinski definition) is 0. The molecule has 0 bridgehead atoms. The molecule has 1 nitrogen and oxygen atoms in total. The molecule has 8 heteroatoms. The third kappa shape index (κ3) is 4.15. The van der Waals surface area contributed by atoms with Gasteiger partial charge in [0.15, 0.2) is 0 Å². The Bertz CT molecular complexity index is 827. The van der Waals surface area contributed by atoms with E-state index in [1.165, 1.54) is 0 Å². The zero-order valence-corrected chi connectivity index (χ0v) is 16.6. The van der Waals surface area contributed by atoms with E-state index in [1.54, 1.807) is 91.0 Å². The lowest BCUT2D eigenvalue weighted by atomic mass is 10.2. The van der Waals surface area contributed by atoms with E-state index in [9.17, 15) is 26.3 Å². The van der Waals surface area contributed by atoms with E-state index in [4.69, 9.17) is 4.43 Å². The molecule has 0 radical (unpaired) electrons. The van der Waals surface area contributed by atoms with Crippen LogP contribution in [0.25, 0.3) is 0 Å². The van der Waals surface area contributed by atoms with Crippen molar-refractivity contribution < 1.29 is 30.8 Å². The van der Waals surface area contributed by atoms with Gasteiger partial charge in [-0.1, -0.05) is 91.0 Å². The predicted octanol–water partition coefficient (Wildman–Crippen LogP) is 4.20. The summed E-state index contributed by atoms with van der Waals surface area (Å²) < 4.78 is 87.4. The molecule has 0 aliphatic carbocycles. The molecule has 2 atom stereocenters. The van der Waals surface area contributed by atoms with Crippen molar-refractivity contribution >= 4 is 23.9 Å². The van der Waals surface area contributed by atoms with Crippen LogP contribution in [-0.2, 0) is 4.43 Å². The first kappa shape index (κ1) is 22.1. The molecule has 0 saturated carbocycles. The monoisotopic (exact) mass is 440 g/mol. The van der Waals surface area contributed by atoms with Crippen molar-refractivity contribution in [3.63, 3.8) is 0 Å². The third-order valence-electron chi connectivity index (χ3n) is 4.71. The lowest BCUT2D eigenvalue weighted by Crippen LogP contribution is -2.71. The smallest absolute Gasteiger partial charge is 0.337 e. The maximum Gasteiger partial charge on any atom is 0.337 e. The summed E-state index contributed by atoms with van der Waals surface area (Å²) in [6, 6.07) is 24.4. The summed E-state index contributed by atoms with van der Waals surface area (Å²) in [7, 11) is -3.94. The Labute approximate surface area is 171 Å². The standard InChI is InChI=1S/C22H18F6OSi/c23-19(20(24)25)22(27,28)21(26)29-30(16-10-4-1-5-11-16,17-12-6-2-7-13-17)18-14-8-3-9-15-18/h1-15,19-21H. The van der Waals surface area contributed by atoms with Gasteiger partial charge in [0.1, 0.15) is 0 Å². The fraction of sp³-hybridized carbons (Fsp3) is 0.182. The molecule has 0 N–H and O–H groups in total. The fourth-order valence-corrected chi connectivity index (χ4v) is 7.11. The number of halogens is 6. The lowest BCUT2D eigenvalue weighted by molar-refractivity contribution is -0.216. The van der Waals surface area contributed by atoms with Crippen LogP contribution in [0.1, 0.15) is 0 Å². The van der Waals surface area contributed by atoms with Crippen LogP contribution in [-0.4, -0.2) is 33.2 Å². The van der Waals surface area contributed by atoms with Gasteiger partial charge in [0.25, 0.3) is 21.1 Å². The molecule has 0 saturated heterocycles. The lowest BCUT2D eigenvalue weighted by Gasteiger charge is -2.36. The quantitative estimate of drug-likeness (QED) is 0.290. The van der Waals surface area contributed by atoms with Crippen molar-refractivity contribution in [2.45, 2.75) is 24.9 Å². The normalized spacial score (nSPS) is 14.5. The molecule has 0 aromatic heterocycles. The van der Waals surface area contributed by atoms with Gasteiger partial charge in [-0.05, 0) is 15.6 Å². The molecule has 0 fully saturated rings. The topological polar surface area (TPSA) is 9.23 Å². The second-order valence-corrected chi connectivity index (χ2v) is 9.95. The van der Waals surface area contributed by atoms with Gasteiger partial charge in [0, 0.05) is 0 Å². The first-order valence-corrected chi connectivity index (χ1v) is 11.0. The summed E-state index contributed by atoms with van der Waals surface area (Å²) in [6.45, 7) is 0. The van der Waals surface area contributed by atoms with E-state index < -0.39 is 33.2 Å². The van der Waals surface area contributed by atoms with Crippen molar-refractivity contribution in [1.29, 1.82) is 0 Å². The van der Waals surface area contributed by atoms with Crippen molar-refractivity contribution in [1.82, 2.24) is 0 Å². The van der Waals surface area contributed by atoms with Crippen molar-refractivity contribution in [2.24, 2.45) is 0 Å². The van der Waals surface area contributed by atoms with E-state index in [-0.39, 0.29) is 0 Å². The second kappa shape index (κ2) is 9.05. The Balaban J connectivity index is 2.22. The average Bonchev–Trinajstić information content (AvgIpc) is 2.78. The largest absolute Gasteiger partial charge is 0.370 e. The molecular formula is C22H18F6OSi. The Kier molecular flexibility index (Phi) is 6.67. The maximum atomic E-state index is 14.8. The molecular weight excluding hydrogens is 422 g/mol. The van der Waals surface area contributed by atoms with Gasteiger partial charge in [-0.2, -0.15) is 8.78 Å². The van der Waals surface area contributed by atoms with Crippen molar-refractivity contribution in [3.05, 3.63) is 91.0 Å². The van der Waals surface area contributed by atoms with Crippen LogP contribution in [0.2, 0.25) is 0 Å². The van der Waals surface area contributed by atoms with E-state index in [1.807, 2.05) is 0 Å². The van der Waals surface area contributed by atoms with Gasteiger partial charge < -0.3 is 4.43 Å². The molecule has 3 rings (SSSR count). The molecule has 0 aliphatic heterocycles. The van der Waals surface area contributed by atoms with Crippen LogP contribution in [0.15, 0.2) is 91.0 Å². The first-order valence-electron chi connectivity index (χ1n) is 9.08. The molecule has 0 aliphatic rings. The highest BCUT2D eigenvalue weighted by atomic mass is 28.4. The van der Waals surface area contributed by atoms with Gasteiger partial charge in [-0.3, -0.25) is 0 Å². The van der Waals surface area contributed by atoms with Crippen LogP contribution in [0.5, 0.6) is 0 Å². The summed E-state index contributed by atoms with van der Waals surface area (Å²) in [4.78, 5) is 0. The number of rotatable bonds is 8. The second-order valence-electron chi connectivity index (χ2n) is 6.62. The number of hydrogen-bond acceptors (Lipinski definition) is 1. The van der Waals surface area contributed by atoms with E-state index in [0.29, 0.717) is 15.6 Å². The third-order valence-corrected chi connectivity index (χ3v) is 8.71. The van der Waals surface area contributed by atoms with Gasteiger partial charge in [0.2, 0.25) is 6.17 Å². The van der Waals surface area contributed by atoms with Gasteiger partial charge in [-0.25, -0.2) is 17.6 Å². The molecule has 2 unspecified atom stereocenters. The SMILES string of the molecule is FC(F)C(F)C(F)(F)C(F)O[Si](c1ccccc1)(c1ccccc1)c1ccccc1. The minimum Gasteiger partial charge on any atom is -0.370 e. The molecule has 158 valence electrons. The zero-order valence-electron chi connectivity index (χ0n) is 15.6. The highest BCUT2D eigenvalue weighted by Crippen LogP contribution is 2.34. The summed E-state index contributed by atoms with van der Waals surface area (Å²) in [5.74, 6) is -5.04. The minimum absolute atomic E-state index is 0.410. The highest BCUT2D eigenvalue weighted by molar-refractivity contribution is 7.07. The summed E-state index contributed by atoms with van der Waals surface area (Å²) >= 11 is 0. The van der Waals surface area contributed by atoms with Gasteiger partial charge in [-0.15, -0.1) is 0 Å². The fourth-order valence-electron chi connectivity index (χ4n) is 3.25. The summed E-state index contributed by atoms with van der Waals surface area (Å²) in [5, 5.41) is 1.23. The molecule has 30 heavy (non-hydrogen) atoms. The van der Waals surface area contributed by atoms with E-state index >= 15 is 0 Å². The molecule has 0 amide bonds. The molecule has 0 heterocycles. The molecule has 3 aromatic rings. The van der Waals surface area contributed by atoms with E-state index in [0.717, 1.165) is 0 Å². The van der Waals surface area contributed by atoms with Crippen LogP contribution in [0, 0.1) is 0 Å². The predicted molar refractivity (Wildman–Crippen MR) is 106 cm³/mol. The highest BCUT2D eigenvalue weighted by Gasteiger charge is 2.57. The summed E-state index contributed by atoms with van der Waals surface area (Å²) in [5.41, 5.74) is 0. The van der Waals surface area contributed by atoms with Crippen LogP contribution >= 0.6 is 0 Å². The van der Waals surface area contributed by atoms with E-state index in [2.05, 4.69) is 0 Å². The number of alkyl halides is 6. The van der Waals surface area contributed by atoms with Crippen LogP contribution in [0.3, 0.4) is 0 Å². The maximum absolute atomic E-state index is 14.8. The average molecular weight is 440 g/mol. The first-order chi connectivity index (χ1) is 14.3. The van der Waals surface area contributed by atoms with Crippen LogP contribution in [0.4, 0.5) is 26.3 Å². The Morgan fingerprint density at radius 1 is 0.600 bits per heavy atom. The van der Waals surface area contributed by atoms with Crippen molar-refractivity contribution in [2.75, 3.05) is 0 Å². The Hall–Kier alpha value is -2.58. The minimum atomic E-state index is -5.04. The Morgan fingerprint density at radius 3 is 1.23 bits per heavy atom.